The Morgan fingerprint density at radius 3 is 2.83 bits per heavy atom. The second-order valence-electron chi connectivity index (χ2n) is 3.89. The van der Waals surface area contributed by atoms with Gasteiger partial charge in [0.05, 0.1) is 23.1 Å². The topological polar surface area (TPSA) is 41.1 Å². The van der Waals surface area contributed by atoms with Crippen LogP contribution in [0.3, 0.4) is 0 Å². The molecular weight excluding hydrogens is 248 g/mol. The van der Waals surface area contributed by atoms with Gasteiger partial charge in [0.25, 0.3) is 0 Å². The first-order chi connectivity index (χ1) is 8.86. The number of hydrogen-bond donors (Lipinski definition) is 1. The molecule has 1 aliphatic heterocycles. The summed E-state index contributed by atoms with van der Waals surface area (Å²) in [5, 5.41) is 3.84. The molecule has 0 saturated carbocycles. The Bertz CT molecular complexity index is 583. The number of nitrogens with zero attached hydrogens (tertiary/aromatic N) is 3. The standard InChI is InChI=1S/C13H11ClN4/c14-11-7-16-5-3-12(11)18-9-17-8-13(18)10-2-1-4-15-6-10/h1-8,17H,9H2. The summed E-state index contributed by atoms with van der Waals surface area (Å²) in [7, 11) is 0. The first-order valence-corrected chi connectivity index (χ1v) is 5.95. The Morgan fingerprint density at radius 2 is 2.06 bits per heavy atom. The quantitative estimate of drug-likeness (QED) is 0.899. The van der Waals surface area contributed by atoms with Gasteiger partial charge in [-0.1, -0.05) is 11.6 Å². The van der Waals surface area contributed by atoms with Crippen LogP contribution in [-0.4, -0.2) is 16.6 Å². The lowest BCUT2D eigenvalue weighted by Gasteiger charge is -2.22. The largest absolute Gasteiger partial charge is 0.372 e. The molecule has 18 heavy (non-hydrogen) atoms. The molecule has 4 nitrogen and oxygen atoms in total. The third-order valence-electron chi connectivity index (χ3n) is 2.78. The SMILES string of the molecule is Clc1cnccc1N1CNC=C1c1cccnc1. The van der Waals surface area contributed by atoms with Gasteiger partial charge < -0.3 is 10.2 Å². The third kappa shape index (κ3) is 1.91. The fourth-order valence-corrected chi connectivity index (χ4v) is 2.17. The monoisotopic (exact) mass is 258 g/mol. The van der Waals surface area contributed by atoms with Crippen molar-refractivity contribution in [3.8, 4) is 0 Å². The molecule has 0 amide bonds. The lowest BCUT2D eigenvalue weighted by Crippen LogP contribution is -2.22. The summed E-state index contributed by atoms with van der Waals surface area (Å²) in [6.45, 7) is 0.688. The van der Waals surface area contributed by atoms with Gasteiger partial charge in [-0.25, -0.2) is 0 Å². The smallest absolute Gasteiger partial charge is 0.0923 e. The molecular formula is C13H11ClN4. The van der Waals surface area contributed by atoms with E-state index in [9.17, 15) is 0 Å². The Hall–Kier alpha value is -2.07. The number of hydrogen-bond acceptors (Lipinski definition) is 4. The van der Waals surface area contributed by atoms with E-state index in [1.54, 1.807) is 18.6 Å². The van der Waals surface area contributed by atoms with Crippen LogP contribution >= 0.6 is 11.6 Å². The van der Waals surface area contributed by atoms with Crippen LogP contribution in [0.2, 0.25) is 5.02 Å². The highest BCUT2D eigenvalue weighted by Gasteiger charge is 2.20. The molecule has 3 heterocycles. The zero-order valence-corrected chi connectivity index (χ0v) is 10.3. The van der Waals surface area contributed by atoms with Crippen LogP contribution in [-0.2, 0) is 0 Å². The van der Waals surface area contributed by atoms with E-state index in [1.807, 2.05) is 30.6 Å². The first-order valence-electron chi connectivity index (χ1n) is 5.57. The predicted molar refractivity (Wildman–Crippen MR) is 71.9 cm³/mol. The number of anilines is 1. The molecule has 0 aromatic carbocycles. The molecule has 0 radical (unpaired) electrons. The Balaban J connectivity index is 2.00. The van der Waals surface area contributed by atoms with Gasteiger partial charge in [0.1, 0.15) is 0 Å². The average molecular weight is 259 g/mol. The number of rotatable bonds is 2. The van der Waals surface area contributed by atoms with E-state index in [0.29, 0.717) is 11.7 Å². The predicted octanol–water partition coefficient (Wildman–Crippen LogP) is 2.50. The van der Waals surface area contributed by atoms with Crippen molar-refractivity contribution in [2.45, 2.75) is 0 Å². The highest BCUT2D eigenvalue weighted by molar-refractivity contribution is 6.33. The third-order valence-corrected chi connectivity index (χ3v) is 3.07. The molecule has 2 aromatic heterocycles. The van der Waals surface area contributed by atoms with Gasteiger partial charge in [-0.2, -0.15) is 0 Å². The zero-order chi connectivity index (χ0) is 12.4. The summed E-state index contributed by atoms with van der Waals surface area (Å²) in [5.41, 5.74) is 3.04. The van der Waals surface area contributed by atoms with Crippen molar-refractivity contribution in [3.05, 3.63) is 59.8 Å². The van der Waals surface area contributed by atoms with Crippen molar-refractivity contribution in [2.75, 3.05) is 11.6 Å². The van der Waals surface area contributed by atoms with Crippen LogP contribution in [0.1, 0.15) is 5.56 Å². The number of halogens is 1. The van der Waals surface area contributed by atoms with E-state index in [2.05, 4.69) is 20.2 Å². The van der Waals surface area contributed by atoms with Crippen molar-refractivity contribution in [2.24, 2.45) is 0 Å². The van der Waals surface area contributed by atoms with Crippen LogP contribution < -0.4 is 10.2 Å². The fraction of sp³-hybridized carbons (Fsp3) is 0.0769. The second kappa shape index (κ2) is 4.66. The molecule has 0 saturated heterocycles. The van der Waals surface area contributed by atoms with E-state index >= 15 is 0 Å². The average Bonchev–Trinajstić information content (AvgIpc) is 2.89. The highest BCUT2D eigenvalue weighted by Crippen LogP contribution is 2.32. The van der Waals surface area contributed by atoms with Crippen molar-refractivity contribution in [3.63, 3.8) is 0 Å². The second-order valence-corrected chi connectivity index (χ2v) is 4.30. The van der Waals surface area contributed by atoms with Crippen LogP contribution in [0, 0.1) is 0 Å². The summed E-state index contributed by atoms with van der Waals surface area (Å²) >= 11 is 6.18. The van der Waals surface area contributed by atoms with Crippen molar-refractivity contribution in [1.82, 2.24) is 15.3 Å². The van der Waals surface area contributed by atoms with Gasteiger partial charge in [-0.05, 0) is 18.2 Å². The number of pyridine rings is 2. The molecule has 0 atom stereocenters. The lowest BCUT2D eigenvalue weighted by molar-refractivity contribution is 0.903. The molecule has 0 unspecified atom stereocenters. The maximum absolute atomic E-state index is 6.18. The fourth-order valence-electron chi connectivity index (χ4n) is 1.95. The summed E-state index contributed by atoms with van der Waals surface area (Å²) in [4.78, 5) is 10.2. The van der Waals surface area contributed by atoms with E-state index in [1.165, 1.54) is 0 Å². The molecule has 0 aliphatic carbocycles. The van der Waals surface area contributed by atoms with Gasteiger partial charge in [-0.3, -0.25) is 9.97 Å². The van der Waals surface area contributed by atoms with Crippen LogP contribution in [0.5, 0.6) is 0 Å². The lowest BCUT2D eigenvalue weighted by atomic mass is 10.2. The van der Waals surface area contributed by atoms with Crippen LogP contribution in [0.15, 0.2) is 49.2 Å². The van der Waals surface area contributed by atoms with Crippen molar-refractivity contribution in [1.29, 1.82) is 0 Å². The zero-order valence-electron chi connectivity index (χ0n) is 9.55. The van der Waals surface area contributed by atoms with Gasteiger partial charge in [0, 0.05) is 36.6 Å². The maximum Gasteiger partial charge on any atom is 0.0923 e. The summed E-state index contributed by atoms with van der Waals surface area (Å²) < 4.78 is 0. The minimum Gasteiger partial charge on any atom is -0.372 e. The molecule has 5 heteroatoms. The van der Waals surface area contributed by atoms with Gasteiger partial charge in [0.15, 0.2) is 0 Å². The van der Waals surface area contributed by atoms with Crippen molar-refractivity contribution < 1.29 is 0 Å². The number of aromatic nitrogens is 2. The Morgan fingerprint density at radius 1 is 1.17 bits per heavy atom. The van der Waals surface area contributed by atoms with Crippen LogP contribution in [0.25, 0.3) is 5.70 Å². The molecule has 0 fully saturated rings. The summed E-state index contributed by atoms with van der Waals surface area (Å²) in [6.07, 6.45) is 8.95. The molecule has 1 N–H and O–H groups in total. The minimum absolute atomic E-state index is 0.635. The number of nitrogens with one attached hydrogen (secondary N) is 1. The van der Waals surface area contributed by atoms with Gasteiger partial charge >= 0.3 is 0 Å². The molecule has 90 valence electrons. The Kier molecular flexibility index (Phi) is 2.86. The molecule has 0 bridgehead atoms. The van der Waals surface area contributed by atoms with E-state index in [4.69, 9.17) is 11.6 Å². The molecule has 2 aromatic rings. The molecule has 0 spiro atoms. The maximum atomic E-state index is 6.18. The first kappa shape index (κ1) is 11.0. The Labute approximate surface area is 110 Å². The summed E-state index contributed by atoms with van der Waals surface area (Å²) in [5.74, 6) is 0. The van der Waals surface area contributed by atoms with E-state index < -0.39 is 0 Å². The summed E-state index contributed by atoms with van der Waals surface area (Å²) in [6, 6.07) is 5.84. The minimum atomic E-state index is 0.635. The molecule has 1 aliphatic rings. The molecule has 3 rings (SSSR count). The van der Waals surface area contributed by atoms with Gasteiger partial charge in [0.2, 0.25) is 0 Å². The van der Waals surface area contributed by atoms with E-state index in [-0.39, 0.29) is 0 Å². The van der Waals surface area contributed by atoms with Gasteiger partial charge in [-0.15, -0.1) is 0 Å². The van der Waals surface area contributed by atoms with Crippen LogP contribution in [0.4, 0.5) is 5.69 Å². The van der Waals surface area contributed by atoms with Crippen molar-refractivity contribution >= 4 is 23.0 Å². The normalized spacial score (nSPS) is 14.3. The van der Waals surface area contributed by atoms with E-state index in [0.717, 1.165) is 16.9 Å². The highest BCUT2D eigenvalue weighted by atomic mass is 35.5.